The normalized spacial score (nSPS) is 28.9. The molecule has 15 heteroatoms. The number of fused-ring (bicyclic) bond motifs is 4. The summed E-state index contributed by atoms with van der Waals surface area (Å²) in [5.41, 5.74) is -6.44. The van der Waals surface area contributed by atoms with E-state index >= 15 is 17.6 Å². The Morgan fingerprint density at radius 3 is 1.71 bits per heavy atom. The standard InChI is InChI=1S/C26H12F11NOS2/c1-22-10(7-13(40-22)14-17(27)19(29)21(31)20(30)18(14)28)15-16(24(34,35)26(36,37)23(15,32)33)11-8-12(41-25(11,22)39-2)9-3-5-38-6-4-9/h3-8H,1-2H3. The summed E-state index contributed by atoms with van der Waals surface area (Å²) < 4.78 is 166. The van der Waals surface area contributed by atoms with Crippen LogP contribution in [0.3, 0.4) is 0 Å². The van der Waals surface area contributed by atoms with Crippen LogP contribution in [0.15, 0.2) is 59.0 Å². The van der Waals surface area contributed by atoms with Crippen molar-refractivity contribution in [3.8, 4) is 0 Å². The lowest BCUT2D eigenvalue weighted by molar-refractivity contribution is -0.258. The Bertz CT molecular complexity index is 1650. The molecule has 1 aromatic heterocycles. The highest BCUT2D eigenvalue weighted by molar-refractivity contribution is 8.14. The molecule has 1 aromatic carbocycles. The van der Waals surface area contributed by atoms with Crippen LogP contribution in [0.2, 0.25) is 0 Å². The van der Waals surface area contributed by atoms with E-state index in [0.29, 0.717) is 23.4 Å². The highest BCUT2D eigenvalue weighted by Gasteiger charge is 2.85. The molecule has 216 valence electrons. The van der Waals surface area contributed by atoms with E-state index < -0.39 is 89.3 Å². The fourth-order valence-corrected chi connectivity index (χ4v) is 8.71. The van der Waals surface area contributed by atoms with Gasteiger partial charge in [-0.25, -0.2) is 22.0 Å². The lowest BCUT2D eigenvalue weighted by Crippen LogP contribution is -2.52. The molecule has 0 amide bonds. The Balaban J connectivity index is 1.71. The molecule has 0 spiro atoms. The summed E-state index contributed by atoms with van der Waals surface area (Å²) in [6.45, 7) is 1.12. The van der Waals surface area contributed by atoms with Gasteiger partial charge in [0.15, 0.2) is 28.2 Å². The lowest BCUT2D eigenvalue weighted by atomic mass is 9.75. The predicted octanol–water partition coefficient (Wildman–Crippen LogP) is 8.28. The molecular formula is C26H12F11NOS2. The number of aromatic nitrogens is 1. The maximum Gasteiger partial charge on any atom is 0.380 e. The molecule has 3 heterocycles. The molecule has 0 N–H and O–H groups in total. The van der Waals surface area contributed by atoms with Crippen molar-refractivity contribution in [2.75, 3.05) is 7.11 Å². The van der Waals surface area contributed by atoms with Crippen molar-refractivity contribution in [1.29, 1.82) is 0 Å². The van der Waals surface area contributed by atoms with E-state index in [-0.39, 0.29) is 16.7 Å². The highest BCUT2D eigenvalue weighted by Crippen LogP contribution is 2.75. The van der Waals surface area contributed by atoms with Gasteiger partial charge in [-0.1, -0.05) is 11.8 Å². The number of thioether (sulfide) groups is 2. The molecule has 0 bridgehead atoms. The molecule has 0 radical (unpaired) electrons. The van der Waals surface area contributed by atoms with Crippen LogP contribution in [0.5, 0.6) is 0 Å². The Kier molecular flexibility index (Phi) is 5.81. The second-order valence-electron chi connectivity index (χ2n) is 9.56. The number of pyridine rings is 1. The molecule has 2 aliphatic carbocycles. The van der Waals surface area contributed by atoms with Crippen LogP contribution in [-0.4, -0.2) is 39.5 Å². The number of alkyl halides is 6. The van der Waals surface area contributed by atoms with Crippen molar-refractivity contribution in [2.45, 2.75) is 34.4 Å². The predicted molar refractivity (Wildman–Crippen MR) is 129 cm³/mol. The number of ether oxygens (including phenoxy) is 1. The van der Waals surface area contributed by atoms with E-state index in [1.54, 1.807) is 0 Å². The van der Waals surface area contributed by atoms with Crippen molar-refractivity contribution in [1.82, 2.24) is 4.98 Å². The van der Waals surface area contributed by atoms with Gasteiger partial charge < -0.3 is 4.74 Å². The van der Waals surface area contributed by atoms with E-state index in [2.05, 4.69) is 4.98 Å². The first kappa shape index (κ1) is 28.3. The fourth-order valence-electron chi connectivity index (χ4n) is 5.57. The van der Waals surface area contributed by atoms with Crippen LogP contribution in [0.1, 0.15) is 18.1 Å². The zero-order chi connectivity index (χ0) is 30.1. The van der Waals surface area contributed by atoms with Crippen molar-refractivity contribution >= 4 is 33.3 Å². The van der Waals surface area contributed by atoms with Gasteiger partial charge in [-0.15, -0.1) is 11.8 Å². The monoisotopic (exact) mass is 627 g/mol. The van der Waals surface area contributed by atoms with E-state index in [9.17, 15) is 30.7 Å². The van der Waals surface area contributed by atoms with Gasteiger partial charge in [-0.3, -0.25) is 4.98 Å². The zero-order valence-electron chi connectivity index (χ0n) is 20.3. The molecule has 1 fully saturated rings. The Hall–Kier alpha value is -2.78. The maximum atomic E-state index is 15.4. The quantitative estimate of drug-likeness (QED) is 0.194. The van der Waals surface area contributed by atoms with Gasteiger partial charge in [0.25, 0.3) is 0 Å². The van der Waals surface area contributed by atoms with Crippen molar-refractivity contribution in [3.63, 3.8) is 0 Å². The van der Waals surface area contributed by atoms with E-state index in [0.717, 1.165) is 20.1 Å². The fraction of sp³-hybridized carbons (Fsp3) is 0.269. The molecule has 2 aromatic rings. The number of methoxy groups -OCH3 is 1. The van der Waals surface area contributed by atoms with Crippen LogP contribution in [0, 0.1) is 29.1 Å². The van der Waals surface area contributed by atoms with Crippen LogP contribution in [-0.2, 0) is 4.74 Å². The minimum atomic E-state index is -5.95. The largest absolute Gasteiger partial charge is 0.380 e. The van der Waals surface area contributed by atoms with E-state index in [1.807, 2.05) is 0 Å². The lowest BCUT2D eigenvalue weighted by Gasteiger charge is -2.47. The topological polar surface area (TPSA) is 22.1 Å². The molecule has 1 saturated carbocycles. The minimum Gasteiger partial charge on any atom is -0.361 e. The van der Waals surface area contributed by atoms with Gasteiger partial charge in [0.1, 0.15) is 0 Å². The highest BCUT2D eigenvalue weighted by atomic mass is 32.2. The molecule has 4 aliphatic rings. The summed E-state index contributed by atoms with van der Waals surface area (Å²) in [5, 5.41) is 0. The van der Waals surface area contributed by atoms with Crippen LogP contribution < -0.4 is 0 Å². The molecular weight excluding hydrogens is 615 g/mol. The average Bonchev–Trinajstić information content (AvgIpc) is 3.52. The van der Waals surface area contributed by atoms with Crippen LogP contribution in [0.25, 0.3) is 9.81 Å². The van der Waals surface area contributed by atoms with Gasteiger partial charge in [-0.2, -0.15) is 26.3 Å². The summed E-state index contributed by atoms with van der Waals surface area (Å²) in [4.78, 5) is 0.910. The summed E-state index contributed by atoms with van der Waals surface area (Å²) >= 11 is 0.948. The Labute approximate surface area is 232 Å². The molecule has 2 atom stereocenters. The summed E-state index contributed by atoms with van der Waals surface area (Å²) in [7, 11) is 0.991. The van der Waals surface area contributed by atoms with Gasteiger partial charge in [-0.05, 0) is 42.3 Å². The Morgan fingerprint density at radius 2 is 1.17 bits per heavy atom. The molecule has 6 rings (SSSR count). The first-order valence-electron chi connectivity index (χ1n) is 11.4. The smallest absolute Gasteiger partial charge is 0.361 e. The number of allylic oxidation sites excluding steroid dienone is 3. The number of benzene rings is 1. The van der Waals surface area contributed by atoms with Crippen molar-refractivity contribution in [2.24, 2.45) is 0 Å². The van der Waals surface area contributed by atoms with Crippen molar-refractivity contribution < 1.29 is 53.0 Å². The molecule has 2 aliphatic heterocycles. The number of hydrogen-bond donors (Lipinski definition) is 0. The average molecular weight is 628 g/mol. The molecule has 41 heavy (non-hydrogen) atoms. The van der Waals surface area contributed by atoms with E-state index in [4.69, 9.17) is 4.74 Å². The zero-order valence-corrected chi connectivity index (χ0v) is 21.9. The first-order chi connectivity index (χ1) is 19.0. The van der Waals surface area contributed by atoms with Gasteiger partial charge in [0.05, 0.1) is 10.3 Å². The maximum absolute atomic E-state index is 15.4. The number of nitrogens with zero attached hydrogens (tertiary/aromatic N) is 1. The SMILES string of the molecule is COC12SC(c3ccncc3)=CC1=C1C(=C3C=C(c4c(F)c(F)c(F)c(F)c4F)SC32C)C(F)(F)C(F)(F)C1(F)F. The molecule has 0 saturated heterocycles. The van der Waals surface area contributed by atoms with Gasteiger partial charge >= 0.3 is 17.8 Å². The first-order valence-corrected chi connectivity index (χ1v) is 13.1. The van der Waals surface area contributed by atoms with Crippen LogP contribution in [0.4, 0.5) is 48.3 Å². The second-order valence-corrected chi connectivity index (χ2v) is 12.2. The Morgan fingerprint density at radius 1 is 0.683 bits per heavy atom. The second kappa shape index (κ2) is 8.40. The molecule has 2 nitrogen and oxygen atoms in total. The van der Waals surface area contributed by atoms with Crippen LogP contribution >= 0.6 is 23.5 Å². The number of halogens is 11. The van der Waals surface area contributed by atoms with E-state index in [1.165, 1.54) is 24.5 Å². The molecule has 2 unspecified atom stereocenters. The van der Waals surface area contributed by atoms with Gasteiger partial charge in [0.2, 0.25) is 5.82 Å². The summed E-state index contributed by atoms with van der Waals surface area (Å²) in [5.74, 6) is -28.7. The summed E-state index contributed by atoms with van der Waals surface area (Å²) in [6.07, 6.45) is 4.12. The minimum absolute atomic E-state index is 0.123. The third-order valence-corrected chi connectivity index (χ3v) is 10.8. The number of rotatable bonds is 3. The van der Waals surface area contributed by atoms with Gasteiger partial charge in [0, 0.05) is 46.0 Å². The third-order valence-electron chi connectivity index (χ3n) is 7.53. The third kappa shape index (κ3) is 3.14. The number of hydrogen-bond acceptors (Lipinski definition) is 4. The van der Waals surface area contributed by atoms with Crippen molar-refractivity contribution in [3.05, 3.63) is 99.2 Å². The summed E-state index contributed by atoms with van der Waals surface area (Å²) in [6, 6.07) is 2.86.